The van der Waals surface area contributed by atoms with E-state index in [1.165, 1.54) is 6.07 Å². The first-order valence-corrected chi connectivity index (χ1v) is 8.78. The Labute approximate surface area is 167 Å². The third-order valence-corrected chi connectivity index (χ3v) is 3.42. The summed E-state index contributed by atoms with van der Waals surface area (Å²) in [6.07, 6.45) is -0.582. The van der Waals surface area contributed by atoms with E-state index in [4.69, 9.17) is 20.9 Å². The average Bonchev–Trinajstić information content (AvgIpc) is 2.68. The van der Waals surface area contributed by atoms with Crippen LogP contribution in [0.25, 0.3) is 0 Å². The van der Waals surface area contributed by atoms with E-state index in [9.17, 15) is 9.59 Å². The van der Waals surface area contributed by atoms with Crippen LogP contribution < -0.4 is 26.8 Å². The van der Waals surface area contributed by atoms with Crippen LogP contribution >= 0.6 is 0 Å². The minimum Gasteiger partial charge on any atom is -0.455 e. The van der Waals surface area contributed by atoms with E-state index in [0.29, 0.717) is 23.7 Å². The lowest BCUT2D eigenvalue weighted by molar-refractivity contribution is -0.117. The maximum atomic E-state index is 11.6. The number of pyridine rings is 1. The van der Waals surface area contributed by atoms with Crippen LogP contribution in [0.15, 0.2) is 46.6 Å². The molecule has 0 aliphatic rings. The number of carbonyl (C=O) groups excluding carboxylic acids is 2. The third kappa shape index (κ3) is 6.74. The number of nitrogens with one attached hydrogen (secondary N) is 2. The molecule has 1 atom stereocenters. The molecule has 0 unspecified atom stereocenters. The highest BCUT2D eigenvalue weighted by atomic mass is 16.7. The number of nitrogens with two attached hydrogens (primary N) is 2. The summed E-state index contributed by atoms with van der Waals surface area (Å²) >= 11 is 0. The summed E-state index contributed by atoms with van der Waals surface area (Å²) in [6, 6.07) is 9.24. The number of aromatic nitrogens is 1. The fourth-order valence-electron chi connectivity index (χ4n) is 1.97. The molecule has 0 saturated carbocycles. The largest absolute Gasteiger partial charge is 0.455 e. The summed E-state index contributed by atoms with van der Waals surface area (Å²) < 4.78 is 10.3. The Kier molecular flexibility index (Phi) is 7.86. The van der Waals surface area contributed by atoms with E-state index in [0.717, 1.165) is 0 Å². The van der Waals surface area contributed by atoms with Gasteiger partial charge in [0.15, 0.2) is 11.6 Å². The molecule has 2 aromatic rings. The first kappa shape index (κ1) is 21.6. The van der Waals surface area contributed by atoms with Crippen molar-refractivity contribution in [3.63, 3.8) is 0 Å². The Morgan fingerprint density at radius 3 is 2.59 bits per heavy atom. The van der Waals surface area contributed by atoms with E-state index in [1.807, 2.05) is 0 Å². The molecular formula is C18H23N7O4. The summed E-state index contributed by atoms with van der Waals surface area (Å²) in [7, 11) is 0. The molecule has 0 aliphatic carbocycles. The number of benzene rings is 1. The molecule has 0 saturated heterocycles. The van der Waals surface area contributed by atoms with Gasteiger partial charge in [-0.3, -0.25) is 4.79 Å². The van der Waals surface area contributed by atoms with Crippen LogP contribution in [0.4, 0.5) is 27.8 Å². The van der Waals surface area contributed by atoms with E-state index in [1.54, 1.807) is 44.2 Å². The molecule has 11 heteroatoms. The molecular weight excluding hydrogens is 378 g/mol. The van der Waals surface area contributed by atoms with Crippen molar-refractivity contribution in [2.24, 2.45) is 16.0 Å². The van der Waals surface area contributed by atoms with Gasteiger partial charge in [0.25, 0.3) is 0 Å². The lowest BCUT2D eigenvalue weighted by Crippen LogP contribution is -2.32. The summed E-state index contributed by atoms with van der Waals surface area (Å²) in [4.78, 5) is 27.0. The van der Waals surface area contributed by atoms with E-state index >= 15 is 0 Å². The highest BCUT2D eigenvalue weighted by Crippen LogP contribution is 2.30. The van der Waals surface area contributed by atoms with Crippen LogP contribution in [-0.2, 0) is 9.53 Å². The van der Waals surface area contributed by atoms with E-state index < -0.39 is 12.1 Å². The van der Waals surface area contributed by atoms with Gasteiger partial charge >= 0.3 is 6.09 Å². The molecule has 0 bridgehead atoms. The SMILES string of the molecule is CCNC(=O)OCOc1ccccc1N=Nc1ccc(NC(=O)[C@H](C)N)nc1N. The Morgan fingerprint density at radius 1 is 1.17 bits per heavy atom. The summed E-state index contributed by atoms with van der Waals surface area (Å²) in [6.45, 7) is 3.50. The molecule has 29 heavy (non-hydrogen) atoms. The Balaban J connectivity index is 2.06. The minimum atomic E-state index is -0.675. The van der Waals surface area contributed by atoms with Gasteiger partial charge in [-0.2, -0.15) is 0 Å². The Hall–Kier alpha value is -3.73. The van der Waals surface area contributed by atoms with Crippen molar-refractivity contribution in [3.8, 4) is 5.75 Å². The van der Waals surface area contributed by atoms with Crippen LogP contribution in [-0.4, -0.2) is 36.4 Å². The summed E-state index contributed by atoms with van der Waals surface area (Å²) in [5, 5.41) is 13.2. The molecule has 154 valence electrons. The molecule has 11 nitrogen and oxygen atoms in total. The lowest BCUT2D eigenvalue weighted by atomic mass is 10.3. The van der Waals surface area contributed by atoms with Crippen molar-refractivity contribution in [2.75, 3.05) is 24.4 Å². The van der Waals surface area contributed by atoms with Crippen LogP contribution in [0, 0.1) is 0 Å². The number of rotatable bonds is 8. The van der Waals surface area contributed by atoms with Crippen molar-refractivity contribution >= 4 is 35.0 Å². The van der Waals surface area contributed by atoms with Gasteiger partial charge in [-0.1, -0.05) is 12.1 Å². The van der Waals surface area contributed by atoms with Gasteiger partial charge in [-0.05, 0) is 38.1 Å². The second-order valence-corrected chi connectivity index (χ2v) is 5.77. The Bertz CT molecular complexity index is 886. The number of azo groups is 1. The highest BCUT2D eigenvalue weighted by molar-refractivity contribution is 5.93. The van der Waals surface area contributed by atoms with Crippen LogP contribution in [0.3, 0.4) is 0 Å². The van der Waals surface area contributed by atoms with Crippen LogP contribution in [0.1, 0.15) is 13.8 Å². The third-order valence-electron chi connectivity index (χ3n) is 3.42. The number of ether oxygens (including phenoxy) is 2. The van der Waals surface area contributed by atoms with E-state index in [2.05, 4.69) is 25.8 Å². The van der Waals surface area contributed by atoms with Gasteiger partial charge in [-0.15, -0.1) is 10.2 Å². The number of hydrogen-bond donors (Lipinski definition) is 4. The van der Waals surface area contributed by atoms with Crippen molar-refractivity contribution in [1.29, 1.82) is 0 Å². The predicted octanol–water partition coefficient (Wildman–Crippen LogP) is 2.45. The van der Waals surface area contributed by atoms with Crippen molar-refractivity contribution in [3.05, 3.63) is 36.4 Å². The monoisotopic (exact) mass is 401 g/mol. The molecule has 2 amide bonds. The van der Waals surface area contributed by atoms with Crippen molar-refractivity contribution in [2.45, 2.75) is 19.9 Å². The molecule has 1 heterocycles. The number of carbonyl (C=O) groups is 2. The highest BCUT2D eigenvalue weighted by Gasteiger charge is 2.10. The number of hydrogen-bond acceptors (Lipinski definition) is 9. The molecule has 1 aromatic heterocycles. The zero-order valence-electron chi connectivity index (χ0n) is 16.1. The minimum absolute atomic E-state index is 0.0780. The molecule has 0 radical (unpaired) electrons. The lowest BCUT2D eigenvalue weighted by Gasteiger charge is -2.09. The average molecular weight is 401 g/mol. The van der Waals surface area contributed by atoms with Gasteiger partial charge in [0.1, 0.15) is 17.2 Å². The van der Waals surface area contributed by atoms with Gasteiger partial charge in [0.05, 0.1) is 6.04 Å². The Morgan fingerprint density at radius 2 is 1.90 bits per heavy atom. The maximum Gasteiger partial charge on any atom is 0.410 e. The predicted molar refractivity (Wildman–Crippen MR) is 107 cm³/mol. The van der Waals surface area contributed by atoms with Crippen LogP contribution in [0.5, 0.6) is 5.75 Å². The van der Waals surface area contributed by atoms with Crippen LogP contribution in [0.2, 0.25) is 0 Å². The van der Waals surface area contributed by atoms with Crippen molar-refractivity contribution < 1.29 is 19.1 Å². The second-order valence-electron chi connectivity index (χ2n) is 5.77. The van der Waals surface area contributed by atoms with Gasteiger partial charge in [0.2, 0.25) is 12.7 Å². The molecule has 1 aromatic carbocycles. The first-order valence-electron chi connectivity index (χ1n) is 8.78. The first-order chi connectivity index (χ1) is 13.9. The second kappa shape index (κ2) is 10.6. The van der Waals surface area contributed by atoms with E-state index in [-0.39, 0.29) is 24.3 Å². The maximum absolute atomic E-state index is 11.6. The zero-order valence-corrected chi connectivity index (χ0v) is 16.1. The molecule has 0 aliphatic heterocycles. The number of para-hydroxylation sites is 1. The quantitative estimate of drug-likeness (QED) is 0.389. The number of nitrogen functional groups attached to an aromatic ring is 1. The number of alkyl carbamates (subject to hydrolysis) is 1. The topological polar surface area (TPSA) is 166 Å². The number of anilines is 2. The fourth-order valence-corrected chi connectivity index (χ4v) is 1.97. The fraction of sp³-hybridized carbons (Fsp3) is 0.278. The normalized spacial score (nSPS) is 11.7. The molecule has 6 N–H and O–H groups in total. The number of nitrogens with zero attached hydrogens (tertiary/aromatic N) is 3. The smallest absolute Gasteiger partial charge is 0.410 e. The van der Waals surface area contributed by atoms with Gasteiger partial charge in [0, 0.05) is 6.54 Å². The molecule has 0 spiro atoms. The van der Waals surface area contributed by atoms with Gasteiger partial charge < -0.3 is 31.6 Å². The molecule has 0 fully saturated rings. The standard InChI is InChI=1S/C18H23N7O4/c1-3-21-18(27)29-10-28-14-7-5-4-6-12(14)24-25-13-8-9-15(22-16(13)20)23-17(26)11(2)19/h4-9,11H,3,10,19H2,1-2H3,(H,21,27)(H3,20,22,23,26)/t11-/m0/s1. The molecule has 2 rings (SSSR count). The summed E-state index contributed by atoms with van der Waals surface area (Å²) in [5.41, 5.74) is 12.1. The van der Waals surface area contributed by atoms with Crippen molar-refractivity contribution in [1.82, 2.24) is 10.3 Å². The van der Waals surface area contributed by atoms with Gasteiger partial charge in [-0.25, -0.2) is 9.78 Å². The zero-order chi connectivity index (χ0) is 21.2. The number of amides is 2. The summed E-state index contributed by atoms with van der Waals surface area (Å²) in [5.74, 6) is 0.323.